The molecule has 0 amide bonds. The molecule has 0 heterocycles. The number of benzene rings is 2. The minimum absolute atomic E-state index is 0.0799. The lowest BCUT2D eigenvalue weighted by Crippen LogP contribution is -2.70. The number of hydrogen-bond donors (Lipinski definition) is 1. The number of rotatable bonds is 14. The highest BCUT2D eigenvalue weighted by atomic mass is 28.4. The van der Waals surface area contributed by atoms with Crippen molar-refractivity contribution >= 4 is 22.6 Å². The van der Waals surface area contributed by atoms with Gasteiger partial charge in [0.2, 0.25) is 0 Å². The fourth-order valence-corrected chi connectivity index (χ4v) is 7.73. The van der Waals surface area contributed by atoms with E-state index in [0.29, 0.717) is 12.4 Å². The summed E-state index contributed by atoms with van der Waals surface area (Å²) in [5.74, 6) is -0.103. The Hall–Kier alpha value is -2.10. The van der Waals surface area contributed by atoms with Crippen molar-refractivity contribution in [1.29, 1.82) is 0 Å². The maximum atomic E-state index is 13.6. The van der Waals surface area contributed by atoms with Crippen LogP contribution in [0.1, 0.15) is 59.1 Å². The van der Waals surface area contributed by atoms with E-state index in [1.165, 1.54) is 7.11 Å². The summed E-state index contributed by atoms with van der Waals surface area (Å²) in [7, 11) is -2.03. The zero-order chi connectivity index (χ0) is 35.3. The first-order valence-electron chi connectivity index (χ1n) is 16.4. The lowest BCUT2D eigenvalue weighted by molar-refractivity contribution is -0.262. The highest BCUT2D eigenvalue weighted by molar-refractivity contribution is 6.74. The number of aliphatic hydroxyl groups is 1. The van der Waals surface area contributed by atoms with Crippen molar-refractivity contribution < 1.29 is 42.4 Å². The molecule has 9 nitrogen and oxygen atoms in total. The molecule has 1 aliphatic carbocycles. The van der Waals surface area contributed by atoms with Crippen LogP contribution in [0, 0.1) is 0 Å². The van der Waals surface area contributed by atoms with Crippen molar-refractivity contribution in [2.75, 3.05) is 21.0 Å². The number of ether oxygens (including phenoxy) is 5. The van der Waals surface area contributed by atoms with Crippen LogP contribution in [-0.4, -0.2) is 78.7 Å². The summed E-state index contributed by atoms with van der Waals surface area (Å²) in [6, 6.07) is 17.2. The lowest BCUT2D eigenvalue weighted by Gasteiger charge is -2.53. The number of carbonyl (C=O) groups is 1. The Morgan fingerprint density at radius 3 is 1.87 bits per heavy atom. The molecule has 11 heteroatoms. The summed E-state index contributed by atoms with van der Waals surface area (Å²) in [6.07, 6.45) is -3.54. The van der Waals surface area contributed by atoms with Gasteiger partial charge in [-0.2, -0.15) is 0 Å². The van der Waals surface area contributed by atoms with Crippen LogP contribution in [0.3, 0.4) is 0 Å². The van der Waals surface area contributed by atoms with Gasteiger partial charge in [-0.1, -0.05) is 84.0 Å². The van der Waals surface area contributed by atoms with Gasteiger partial charge in [-0.05, 0) is 59.5 Å². The van der Waals surface area contributed by atoms with Crippen molar-refractivity contribution in [1.82, 2.24) is 0 Å². The predicted molar refractivity (Wildman–Crippen MR) is 188 cm³/mol. The molecule has 0 unspecified atom stereocenters. The van der Waals surface area contributed by atoms with E-state index in [9.17, 15) is 9.90 Å². The Morgan fingerprint density at radius 1 is 0.787 bits per heavy atom. The van der Waals surface area contributed by atoms with Crippen LogP contribution in [0.2, 0.25) is 36.3 Å². The first-order chi connectivity index (χ1) is 21.8. The predicted octanol–water partition coefficient (Wildman–Crippen LogP) is 7.23. The molecule has 0 spiro atoms. The van der Waals surface area contributed by atoms with Gasteiger partial charge in [0.25, 0.3) is 0 Å². The summed E-state index contributed by atoms with van der Waals surface area (Å²) in [5.41, 5.74) is -0.268. The van der Waals surface area contributed by atoms with Crippen molar-refractivity contribution in [3.63, 3.8) is 0 Å². The third kappa shape index (κ3) is 9.75. The van der Waals surface area contributed by atoms with Gasteiger partial charge in [0, 0.05) is 6.42 Å². The Kier molecular flexibility index (Phi) is 13.1. The minimum Gasteiger partial charge on any atom is -0.497 e. The van der Waals surface area contributed by atoms with E-state index in [2.05, 4.69) is 67.7 Å². The van der Waals surface area contributed by atoms with Crippen molar-refractivity contribution in [3.8, 4) is 5.75 Å². The molecule has 3 rings (SSSR count). The molecule has 2 aromatic carbocycles. The third-order valence-corrected chi connectivity index (χ3v) is 19.0. The van der Waals surface area contributed by atoms with Crippen molar-refractivity contribution in [3.05, 3.63) is 65.7 Å². The monoisotopic (exact) mass is 690 g/mol. The molecular formula is C36H58O9Si2. The maximum absolute atomic E-state index is 13.6. The Balaban J connectivity index is 2.10. The zero-order valence-electron chi connectivity index (χ0n) is 30.5. The Morgan fingerprint density at radius 2 is 1.34 bits per heavy atom. The lowest BCUT2D eigenvalue weighted by atomic mass is 9.76. The van der Waals surface area contributed by atoms with Gasteiger partial charge in [-0.15, -0.1) is 0 Å². The second kappa shape index (κ2) is 15.6. The highest BCUT2D eigenvalue weighted by Gasteiger charge is 2.62. The van der Waals surface area contributed by atoms with Crippen LogP contribution in [0.15, 0.2) is 54.6 Å². The number of carbonyl (C=O) groups excluding carboxylic acids is 1. The minimum atomic E-state index is -2.46. The van der Waals surface area contributed by atoms with Crippen LogP contribution in [0.25, 0.3) is 0 Å². The molecule has 0 bridgehead atoms. The van der Waals surface area contributed by atoms with E-state index in [-0.39, 0.29) is 29.9 Å². The van der Waals surface area contributed by atoms with E-state index >= 15 is 0 Å². The van der Waals surface area contributed by atoms with E-state index in [1.54, 1.807) is 7.11 Å². The van der Waals surface area contributed by atoms with Crippen LogP contribution in [0.4, 0.5) is 0 Å². The SMILES string of the molecule is COC(=O)[C@@]1(O)C[C@@H](O[Si](C)(C)C(C)(C)C)[C@H](O[Si](C)(C)C(C)(C)C)[C@@H](OCOCc2ccccc2)[C@@H]1OCc1ccc(OC)cc1. The molecule has 5 atom stereocenters. The molecule has 0 saturated heterocycles. The number of hydrogen-bond acceptors (Lipinski definition) is 9. The zero-order valence-corrected chi connectivity index (χ0v) is 32.5. The van der Waals surface area contributed by atoms with Gasteiger partial charge in [0.05, 0.1) is 39.6 Å². The molecule has 1 N–H and O–H groups in total. The van der Waals surface area contributed by atoms with E-state index in [4.69, 9.17) is 32.5 Å². The largest absolute Gasteiger partial charge is 0.497 e. The van der Waals surface area contributed by atoms with Gasteiger partial charge in [-0.3, -0.25) is 0 Å². The van der Waals surface area contributed by atoms with Gasteiger partial charge in [0.1, 0.15) is 24.8 Å². The summed E-state index contributed by atoms with van der Waals surface area (Å²) < 4.78 is 43.7. The fourth-order valence-electron chi connectivity index (χ4n) is 5.08. The van der Waals surface area contributed by atoms with Gasteiger partial charge >= 0.3 is 5.97 Å². The molecule has 264 valence electrons. The summed E-state index contributed by atoms with van der Waals surface area (Å²) >= 11 is 0. The maximum Gasteiger partial charge on any atom is 0.340 e. The van der Waals surface area contributed by atoms with E-state index in [0.717, 1.165) is 11.1 Å². The van der Waals surface area contributed by atoms with Crippen molar-refractivity contribution in [2.24, 2.45) is 0 Å². The molecule has 0 aliphatic heterocycles. The van der Waals surface area contributed by atoms with Gasteiger partial charge < -0.3 is 37.6 Å². The van der Waals surface area contributed by atoms with E-state index < -0.39 is 52.6 Å². The van der Waals surface area contributed by atoms with Gasteiger partial charge in [0.15, 0.2) is 22.2 Å². The van der Waals surface area contributed by atoms with Crippen LogP contribution < -0.4 is 4.74 Å². The summed E-state index contributed by atoms with van der Waals surface area (Å²) in [6.45, 7) is 21.9. The molecule has 2 aromatic rings. The average molecular weight is 691 g/mol. The summed E-state index contributed by atoms with van der Waals surface area (Å²) in [4.78, 5) is 13.6. The van der Waals surface area contributed by atoms with E-state index in [1.807, 2.05) is 54.6 Å². The second-order valence-electron chi connectivity index (χ2n) is 15.5. The van der Waals surface area contributed by atoms with Crippen LogP contribution >= 0.6 is 0 Å². The number of esters is 1. The molecule has 1 fully saturated rings. The summed E-state index contributed by atoms with van der Waals surface area (Å²) in [5, 5.41) is 12.1. The molecule has 47 heavy (non-hydrogen) atoms. The highest BCUT2D eigenvalue weighted by Crippen LogP contribution is 2.46. The van der Waals surface area contributed by atoms with Gasteiger partial charge in [-0.25, -0.2) is 4.79 Å². The Bertz CT molecular complexity index is 1270. The molecule has 0 radical (unpaired) electrons. The smallest absolute Gasteiger partial charge is 0.340 e. The third-order valence-electron chi connectivity index (χ3n) is 10.0. The average Bonchev–Trinajstić information content (AvgIpc) is 2.99. The molecule has 1 aliphatic rings. The molecule has 0 aromatic heterocycles. The first-order valence-corrected chi connectivity index (χ1v) is 22.2. The first kappa shape index (κ1) is 39.3. The quantitative estimate of drug-likeness (QED) is 0.0952. The second-order valence-corrected chi connectivity index (χ2v) is 25.1. The van der Waals surface area contributed by atoms with Crippen LogP contribution in [0.5, 0.6) is 5.75 Å². The topological polar surface area (TPSA) is 102 Å². The fraction of sp³-hybridized carbons (Fsp3) is 0.639. The van der Waals surface area contributed by atoms with Crippen LogP contribution in [-0.2, 0) is 45.8 Å². The van der Waals surface area contributed by atoms with Crippen molar-refractivity contribution in [2.45, 2.75) is 127 Å². The number of methoxy groups -OCH3 is 2. The normalized spacial score (nSPS) is 24.2. The Labute approximate surface area is 284 Å². The standard InChI is InChI=1S/C36H58O9Si2/c1-34(2,3)46(9,10)44-29-22-36(38,33(37)40-8)32(42-24-27-18-20-28(39-7)21-19-27)31(30(29)45-47(11,12)35(4,5)6)43-25-41-23-26-16-14-13-15-17-26/h13-21,29-32,38H,22-25H2,1-12H3/t29-,30+,31-,32+,36-/m1/s1. The molecular weight excluding hydrogens is 633 g/mol. The molecule has 1 saturated carbocycles.